The van der Waals surface area contributed by atoms with Crippen molar-refractivity contribution < 1.29 is 9.59 Å². The average molecular weight is 360 g/mol. The first-order valence-corrected chi connectivity index (χ1v) is 8.56. The molecule has 0 aliphatic heterocycles. The van der Waals surface area contributed by atoms with E-state index >= 15 is 0 Å². The average Bonchev–Trinajstić information content (AvgIpc) is 2.60. The summed E-state index contributed by atoms with van der Waals surface area (Å²) >= 11 is 5.90. The molecule has 2 rings (SSSR count). The normalized spacial score (nSPS) is 11.5. The molecule has 1 atom stereocenters. The van der Waals surface area contributed by atoms with Crippen LogP contribution in [0.4, 0.5) is 11.4 Å². The van der Waals surface area contributed by atoms with Gasteiger partial charge in [0.1, 0.15) is 0 Å². The van der Waals surface area contributed by atoms with Gasteiger partial charge in [0.25, 0.3) is 5.91 Å². The van der Waals surface area contributed by atoms with Crippen LogP contribution in [0.5, 0.6) is 0 Å². The van der Waals surface area contributed by atoms with Crippen molar-refractivity contribution in [3.05, 3.63) is 59.1 Å². The topological polar surface area (TPSA) is 70.2 Å². The molecule has 132 valence electrons. The van der Waals surface area contributed by atoms with Crippen LogP contribution in [-0.2, 0) is 4.79 Å². The number of carbonyl (C=O) groups is 2. The quantitative estimate of drug-likeness (QED) is 0.701. The Morgan fingerprint density at radius 3 is 2.52 bits per heavy atom. The molecule has 6 heteroatoms. The highest BCUT2D eigenvalue weighted by Gasteiger charge is 2.10. The smallest absolute Gasteiger partial charge is 0.251 e. The zero-order valence-corrected chi connectivity index (χ0v) is 15.1. The first-order chi connectivity index (χ1) is 12.0. The summed E-state index contributed by atoms with van der Waals surface area (Å²) in [5, 5.41) is 9.28. The summed E-state index contributed by atoms with van der Waals surface area (Å²) in [7, 11) is 0. The SMILES string of the molecule is CCC(C)NC(=O)c1cccc(NC(=O)CNc2cccc(Cl)c2)c1. The van der Waals surface area contributed by atoms with Crippen LogP contribution < -0.4 is 16.0 Å². The number of nitrogens with one attached hydrogen (secondary N) is 3. The molecule has 0 saturated carbocycles. The number of hydrogen-bond donors (Lipinski definition) is 3. The summed E-state index contributed by atoms with van der Waals surface area (Å²) in [6.45, 7) is 4.06. The molecule has 0 aliphatic rings. The molecule has 0 saturated heterocycles. The molecule has 3 N–H and O–H groups in total. The van der Waals surface area contributed by atoms with Crippen molar-refractivity contribution in [1.82, 2.24) is 5.32 Å². The Balaban J connectivity index is 1.92. The van der Waals surface area contributed by atoms with Gasteiger partial charge in [-0.05, 0) is 49.7 Å². The summed E-state index contributed by atoms with van der Waals surface area (Å²) < 4.78 is 0. The van der Waals surface area contributed by atoms with Crippen LogP contribution >= 0.6 is 11.6 Å². The molecule has 0 heterocycles. The van der Waals surface area contributed by atoms with Crippen LogP contribution in [0.25, 0.3) is 0 Å². The van der Waals surface area contributed by atoms with Gasteiger partial charge in [-0.1, -0.05) is 30.7 Å². The fourth-order valence-electron chi connectivity index (χ4n) is 2.13. The van der Waals surface area contributed by atoms with Crippen LogP contribution in [0.3, 0.4) is 0 Å². The van der Waals surface area contributed by atoms with E-state index in [9.17, 15) is 9.59 Å². The van der Waals surface area contributed by atoms with Crippen molar-refractivity contribution in [3.63, 3.8) is 0 Å². The van der Waals surface area contributed by atoms with Gasteiger partial charge in [-0.15, -0.1) is 0 Å². The van der Waals surface area contributed by atoms with Crippen molar-refractivity contribution >= 4 is 34.8 Å². The molecule has 0 spiro atoms. The van der Waals surface area contributed by atoms with Gasteiger partial charge in [-0.25, -0.2) is 0 Å². The standard InChI is InChI=1S/C19H22ClN3O2/c1-3-13(2)22-19(25)14-6-4-9-17(10-14)23-18(24)12-21-16-8-5-7-15(20)11-16/h4-11,13,21H,3,12H2,1-2H3,(H,22,25)(H,23,24). The van der Waals surface area contributed by atoms with Gasteiger partial charge in [-0.3, -0.25) is 9.59 Å². The Morgan fingerprint density at radius 2 is 1.80 bits per heavy atom. The predicted octanol–water partition coefficient (Wildman–Crippen LogP) is 3.92. The Labute approximate surface area is 152 Å². The molecule has 0 aliphatic carbocycles. The summed E-state index contributed by atoms with van der Waals surface area (Å²) in [6.07, 6.45) is 0.858. The van der Waals surface area contributed by atoms with Crippen LogP contribution in [0, 0.1) is 0 Å². The summed E-state index contributed by atoms with van der Waals surface area (Å²) in [4.78, 5) is 24.2. The highest BCUT2D eigenvalue weighted by atomic mass is 35.5. The third-order valence-corrected chi connectivity index (χ3v) is 3.91. The minimum atomic E-state index is -0.209. The van der Waals surface area contributed by atoms with Gasteiger partial charge in [0.15, 0.2) is 0 Å². The highest BCUT2D eigenvalue weighted by molar-refractivity contribution is 6.30. The van der Waals surface area contributed by atoms with Gasteiger partial charge in [0, 0.05) is 28.0 Å². The van der Waals surface area contributed by atoms with E-state index in [-0.39, 0.29) is 24.4 Å². The molecular weight excluding hydrogens is 338 g/mol. The molecule has 0 aromatic heterocycles. The van der Waals surface area contributed by atoms with Crippen molar-refractivity contribution in [2.24, 2.45) is 0 Å². The van der Waals surface area contributed by atoms with E-state index in [1.54, 1.807) is 36.4 Å². The number of benzene rings is 2. The molecule has 0 fully saturated rings. The molecule has 25 heavy (non-hydrogen) atoms. The molecule has 0 radical (unpaired) electrons. The lowest BCUT2D eigenvalue weighted by Crippen LogP contribution is -2.32. The van der Waals surface area contributed by atoms with Crippen molar-refractivity contribution in [2.75, 3.05) is 17.2 Å². The van der Waals surface area contributed by atoms with Crippen molar-refractivity contribution in [2.45, 2.75) is 26.3 Å². The number of amides is 2. The predicted molar refractivity (Wildman–Crippen MR) is 102 cm³/mol. The first-order valence-electron chi connectivity index (χ1n) is 8.18. The molecule has 5 nitrogen and oxygen atoms in total. The maximum atomic E-state index is 12.1. The van der Waals surface area contributed by atoms with Crippen molar-refractivity contribution in [3.8, 4) is 0 Å². The molecular formula is C19H22ClN3O2. The zero-order chi connectivity index (χ0) is 18.2. The van der Waals surface area contributed by atoms with Gasteiger partial charge in [-0.2, -0.15) is 0 Å². The Morgan fingerprint density at radius 1 is 1.08 bits per heavy atom. The molecule has 2 aromatic carbocycles. The van der Waals surface area contributed by atoms with E-state index in [0.717, 1.165) is 12.1 Å². The molecule has 0 bridgehead atoms. The molecule has 2 amide bonds. The fraction of sp³-hybridized carbons (Fsp3) is 0.263. The second-order valence-electron chi connectivity index (χ2n) is 5.78. The number of hydrogen-bond acceptors (Lipinski definition) is 3. The monoisotopic (exact) mass is 359 g/mol. The van der Waals surface area contributed by atoms with Gasteiger partial charge < -0.3 is 16.0 Å². The largest absolute Gasteiger partial charge is 0.376 e. The maximum absolute atomic E-state index is 12.1. The Kier molecular flexibility index (Phi) is 6.83. The number of carbonyl (C=O) groups excluding carboxylic acids is 2. The second-order valence-corrected chi connectivity index (χ2v) is 6.21. The number of halogens is 1. The lowest BCUT2D eigenvalue weighted by atomic mass is 10.1. The second kappa shape index (κ2) is 9.08. The lowest BCUT2D eigenvalue weighted by Gasteiger charge is -2.12. The van der Waals surface area contributed by atoms with E-state index < -0.39 is 0 Å². The van der Waals surface area contributed by atoms with Gasteiger partial charge in [0.05, 0.1) is 6.54 Å². The molecule has 2 aromatic rings. The third kappa shape index (κ3) is 6.12. The Bertz CT molecular complexity index is 749. The van der Waals surface area contributed by atoms with Crippen LogP contribution in [0.15, 0.2) is 48.5 Å². The zero-order valence-electron chi connectivity index (χ0n) is 14.3. The summed E-state index contributed by atoms with van der Waals surface area (Å²) in [5.74, 6) is -0.359. The third-order valence-electron chi connectivity index (χ3n) is 3.68. The highest BCUT2D eigenvalue weighted by Crippen LogP contribution is 2.15. The van der Waals surface area contributed by atoms with E-state index in [0.29, 0.717) is 16.3 Å². The summed E-state index contributed by atoms with van der Waals surface area (Å²) in [6, 6.07) is 14.1. The summed E-state index contributed by atoms with van der Waals surface area (Å²) in [5.41, 5.74) is 1.86. The van der Waals surface area contributed by atoms with Gasteiger partial charge in [0.2, 0.25) is 5.91 Å². The minimum Gasteiger partial charge on any atom is -0.376 e. The van der Waals surface area contributed by atoms with Crippen LogP contribution in [-0.4, -0.2) is 24.4 Å². The van der Waals surface area contributed by atoms with Crippen molar-refractivity contribution in [1.29, 1.82) is 0 Å². The van der Waals surface area contributed by atoms with E-state index in [1.807, 2.05) is 26.0 Å². The minimum absolute atomic E-state index is 0.101. The van der Waals surface area contributed by atoms with Gasteiger partial charge >= 0.3 is 0 Å². The maximum Gasteiger partial charge on any atom is 0.251 e. The van der Waals surface area contributed by atoms with Crippen LogP contribution in [0.1, 0.15) is 30.6 Å². The fourth-order valence-corrected chi connectivity index (χ4v) is 2.32. The van der Waals surface area contributed by atoms with E-state index in [1.165, 1.54) is 0 Å². The molecule has 1 unspecified atom stereocenters. The Hall–Kier alpha value is -2.53. The van der Waals surface area contributed by atoms with E-state index in [4.69, 9.17) is 11.6 Å². The lowest BCUT2D eigenvalue weighted by molar-refractivity contribution is -0.114. The van der Waals surface area contributed by atoms with E-state index in [2.05, 4.69) is 16.0 Å². The number of anilines is 2. The van der Waals surface area contributed by atoms with Crippen LogP contribution in [0.2, 0.25) is 5.02 Å². The number of rotatable bonds is 7. The first kappa shape index (κ1) is 18.8.